The summed E-state index contributed by atoms with van der Waals surface area (Å²) in [5, 5.41) is 22.5. The van der Waals surface area contributed by atoms with Crippen molar-refractivity contribution in [2.45, 2.75) is 37.9 Å². The first-order valence-corrected chi connectivity index (χ1v) is 11.0. The number of ether oxygens (including phenoxy) is 1. The van der Waals surface area contributed by atoms with Crippen LogP contribution in [0.4, 0.5) is 0 Å². The molecule has 6 nitrogen and oxygen atoms in total. The third-order valence-corrected chi connectivity index (χ3v) is 5.84. The Kier molecular flexibility index (Phi) is 7.14. The van der Waals surface area contributed by atoms with E-state index in [4.69, 9.17) is 9.84 Å². The van der Waals surface area contributed by atoms with Crippen molar-refractivity contribution in [1.29, 1.82) is 0 Å². The Hall–Kier alpha value is -3.22. The quantitative estimate of drug-likeness (QED) is 0.479. The zero-order valence-electron chi connectivity index (χ0n) is 17.9. The van der Waals surface area contributed by atoms with E-state index in [1.165, 1.54) is 11.1 Å². The zero-order valence-corrected chi connectivity index (χ0v) is 17.9. The monoisotopic (exact) mass is 432 g/mol. The van der Waals surface area contributed by atoms with Gasteiger partial charge in [0.15, 0.2) is 0 Å². The van der Waals surface area contributed by atoms with Gasteiger partial charge in [-0.3, -0.25) is 4.98 Å². The number of pyridine rings is 1. The molecule has 2 atom stereocenters. The molecule has 2 heterocycles. The number of fused-ring (bicyclic) bond motifs is 1. The van der Waals surface area contributed by atoms with E-state index in [0.717, 1.165) is 42.6 Å². The molecule has 0 spiro atoms. The van der Waals surface area contributed by atoms with E-state index in [2.05, 4.69) is 28.5 Å². The Morgan fingerprint density at radius 3 is 2.66 bits per heavy atom. The number of rotatable bonds is 9. The van der Waals surface area contributed by atoms with Gasteiger partial charge in [-0.25, -0.2) is 4.79 Å². The smallest absolute Gasteiger partial charge is 0.335 e. The first kappa shape index (κ1) is 22.0. The van der Waals surface area contributed by atoms with Gasteiger partial charge in [-0.15, -0.1) is 0 Å². The molecular weight excluding hydrogens is 404 g/mol. The highest BCUT2D eigenvalue weighted by Gasteiger charge is 2.20. The molecule has 0 amide bonds. The van der Waals surface area contributed by atoms with Gasteiger partial charge in [0.05, 0.1) is 11.7 Å². The molecule has 32 heavy (non-hydrogen) atoms. The fourth-order valence-corrected chi connectivity index (χ4v) is 3.97. The van der Waals surface area contributed by atoms with Crippen molar-refractivity contribution in [1.82, 2.24) is 10.3 Å². The second kappa shape index (κ2) is 10.4. The average Bonchev–Trinajstić information content (AvgIpc) is 2.83. The van der Waals surface area contributed by atoms with Crippen LogP contribution in [0.15, 0.2) is 67.0 Å². The highest BCUT2D eigenvalue weighted by atomic mass is 16.5. The topological polar surface area (TPSA) is 91.7 Å². The van der Waals surface area contributed by atoms with E-state index in [0.29, 0.717) is 18.7 Å². The summed E-state index contributed by atoms with van der Waals surface area (Å²) in [7, 11) is 0. The van der Waals surface area contributed by atoms with Crippen LogP contribution in [-0.2, 0) is 19.3 Å². The largest absolute Gasteiger partial charge is 0.489 e. The molecule has 0 radical (unpaired) electrons. The van der Waals surface area contributed by atoms with Crippen LogP contribution in [0, 0.1) is 0 Å². The van der Waals surface area contributed by atoms with E-state index < -0.39 is 12.1 Å². The van der Waals surface area contributed by atoms with E-state index in [9.17, 15) is 9.90 Å². The number of aliphatic hydroxyl groups excluding tert-OH is 1. The number of nitrogens with one attached hydrogen (secondary N) is 1. The van der Waals surface area contributed by atoms with Crippen LogP contribution in [0.25, 0.3) is 0 Å². The van der Waals surface area contributed by atoms with Gasteiger partial charge in [-0.1, -0.05) is 30.3 Å². The van der Waals surface area contributed by atoms with E-state index in [1.54, 1.807) is 24.5 Å². The van der Waals surface area contributed by atoms with Crippen LogP contribution in [0.2, 0.25) is 0 Å². The molecule has 3 N–H and O–H groups in total. The van der Waals surface area contributed by atoms with E-state index >= 15 is 0 Å². The van der Waals surface area contributed by atoms with Crippen LogP contribution < -0.4 is 10.1 Å². The fourth-order valence-electron chi connectivity index (χ4n) is 3.97. The number of benzene rings is 2. The van der Waals surface area contributed by atoms with Crippen molar-refractivity contribution in [3.05, 3.63) is 94.8 Å². The van der Waals surface area contributed by atoms with Crippen LogP contribution in [0.3, 0.4) is 0 Å². The van der Waals surface area contributed by atoms with Crippen molar-refractivity contribution in [3.8, 4) is 5.75 Å². The molecule has 0 unspecified atom stereocenters. The summed E-state index contributed by atoms with van der Waals surface area (Å²) < 4.78 is 6.16. The predicted molar refractivity (Wildman–Crippen MR) is 122 cm³/mol. The maximum absolute atomic E-state index is 11.0. The molecule has 1 aromatic heterocycles. The summed E-state index contributed by atoms with van der Waals surface area (Å²) in [6, 6.07) is 17.1. The lowest BCUT2D eigenvalue weighted by molar-refractivity contribution is 0.0697. The molecule has 0 saturated heterocycles. The molecule has 6 heteroatoms. The Morgan fingerprint density at radius 1 is 1.12 bits per heavy atom. The second-order valence-corrected chi connectivity index (χ2v) is 8.18. The third-order valence-electron chi connectivity index (χ3n) is 5.84. The minimum Gasteiger partial charge on any atom is -0.489 e. The van der Waals surface area contributed by atoms with Gasteiger partial charge in [-0.05, 0) is 66.6 Å². The Morgan fingerprint density at radius 2 is 1.91 bits per heavy atom. The van der Waals surface area contributed by atoms with Crippen LogP contribution >= 0.6 is 0 Å². The Bertz CT molecular complexity index is 1040. The maximum atomic E-state index is 11.0. The number of nitrogens with zero attached hydrogens (tertiary/aromatic N) is 1. The molecule has 0 saturated carbocycles. The number of carboxylic acids is 1. The molecular formula is C26H28N2O4. The SMILES string of the molecule is O=C(O)c1ccc(CCc2ccc3c(c2)CC[C@H](CNC[C@@H](O)c2cccnc2)O3)cc1. The minimum absolute atomic E-state index is 0.0854. The van der Waals surface area contributed by atoms with Crippen molar-refractivity contribution in [2.75, 3.05) is 13.1 Å². The molecule has 0 bridgehead atoms. The number of hydrogen-bond acceptors (Lipinski definition) is 5. The van der Waals surface area contributed by atoms with E-state index in [-0.39, 0.29) is 6.10 Å². The van der Waals surface area contributed by atoms with Crippen molar-refractivity contribution < 1.29 is 19.7 Å². The van der Waals surface area contributed by atoms with Crippen molar-refractivity contribution in [3.63, 3.8) is 0 Å². The first-order chi connectivity index (χ1) is 15.6. The molecule has 4 rings (SSSR count). The summed E-state index contributed by atoms with van der Waals surface area (Å²) in [5.74, 6) is 0.0369. The number of hydrogen-bond donors (Lipinski definition) is 3. The molecule has 2 aromatic carbocycles. The lowest BCUT2D eigenvalue weighted by Crippen LogP contribution is -2.36. The number of aromatic nitrogens is 1. The van der Waals surface area contributed by atoms with Gasteiger partial charge < -0.3 is 20.3 Å². The van der Waals surface area contributed by atoms with Crippen LogP contribution in [-0.4, -0.2) is 40.4 Å². The molecule has 1 aliphatic rings. The third kappa shape index (κ3) is 5.72. The lowest BCUT2D eigenvalue weighted by atomic mass is 9.97. The van der Waals surface area contributed by atoms with Crippen molar-refractivity contribution >= 4 is 5.97 Å². The lowest BCUT2D eigenvalue weighted by Gasteiger charge is -2.27. The molecule has 166 valence electrons. The number of aliphatic hydroxyl groups is 1. The molecule has 0 aliphatic carbocycles. The molecule has 1 aliphatic heterocycles. The predicted octanol–water partition coefficient (Wildman–Crippen LogP) is 3.58. The van der Waals surface area contributed by atoms with Gasteiger partial charge >= 0.3 is 5.97 Å². The fraction of sp³-hybridized carbons (Fsp3) is 0.308. The standard InChI is InChI=1S/C26H28N2O4/c29-24(22-2-1-13-27-15-22)17-28-16-23-11-10-21-14-19(7-12-25(21)32-23)4-3-18-5-8-20(9-6-18)26(30)31/h1-2,5-9,12-15,23-24,28-29H,3-4,10-11,16-17H2,(H,30,31)/t23-,24-/m1/s1. The van der Waals surface area contributed by atoms with Gasteiger partial charge in [0.2, 0.25) is 0 Å². The minimum atomic E-state index is -0.899. The number of aromatic carboxylic acids is 1. The highest BCUT2D eigenvalue weighted by molar-refractivity contribution is 5.87. The van der Waals surface area contributed by atoms with Gasteiger partial charge in [0, 0.05) is 31.0 Å². The number of aryl methyl sites for hydroxylation is 3. The van der Waals surface area contributed by atoms with Gasteiger partial charge in [0.25, 0.3) is 0 Å². The summed E-state index contributed by atoms with van der Waals surface area (Å²) in [4.78, 5) is 15.0. The van der Waals surface area contributed by atoms with Crippen LogP contribution in [0.1, 0.15) is 45.1 Å². The summed E-state index contributed by atoms with van der Waals surface area (Å²) in [5.41, 5.74) is 4.74. The number of carbonyl (C=O) groups is 1. The van der Waals surface area contributed by atoms with Crippen molar-refractivity contribution in [2.24, 2.45) is 0 Å². The van der Waals surface area contributed by atoms with E-state index in [1.807, 2.05) is 24.3 Å². The Balaban J connectivity index is 1.25. The maximum Gasteiger partial charge on any atom is 0.335 e. The summed E-state index contributed by atoms with van der Waals surface area (Å²) in [6.45, 7) is 1.15. The molecule has 3 aromatic rings. The zero-order chi connectivity index (χ0) is 22.3. The second-order valence-electron chi connectivity index (χ2n) is 8.18. The highest BCUT2D eigenvalue weighted by Crippen LogP contribution is 2.29. The number of carboxylic acid groups (broad SMARTS) is 1. The normalized spacial score (nSPS) is 16.1. The summed E-state index contributed by atoms with van der Waals surface area (Å²) in [6.07, 6.45) is 6.55. The van der Waals surface area contributed by atoms with Gasteiger partial charge in [0.1, 0.15) is 11.9 Å². The Labute approximate surface area is 187 Å². The average molecular weight is 433 g/mol. The van der Waals surface area contributed by atoms with Crippen LogP contribution in [0.5, 0.6) is 5.75 Å². The van der Waals surface area contributed by atoms with Gasteiger partial charge in [-0.2, -0.15) is 0 Å². The first-order valence-electron chi connectivity index (χ1n) is 11.0. The molecule has 0 fully saturated rings. The summed E-state index contributed by atoms with van der Waals surface area (Å²) >= 11 is 0.